The molecule has 4 aliphatic rings. The SMILES string of the molecule is Cc1ccc(-c2c(C)noc2C)cc1N(C[C@H]1CC[C@H](CNc2cc3c(cc2F)C(=O)N(C2CCC(=O)NC2=O)C3O)CC1)c1ccc(C2(C#N)CC2)cc1. The molecule has 1 aromatic heterocycles. The normalized spacial score (nSPS) is 22.9. The molecule has 2 aliphatic carbocycles. The van der Waals surface area contributed by atoms with Gasteiger partial charge in [-0.1, -0.05) is 29.4 Å². The summed E-state index contributed by atoms with van der Waals surface area (Å²) in [6.45, 7) is 7.36. The van der Waals surface area contributed by atoms with Gasteiger partial charge < -0.3 is 19.8 Å². The van der Waals surface area contributed by atoms with Crippen LogP contribution in [0.5, 0.6) is 0 Å². The molecule has 2 saturated carbocycles. The van der Waals surface area contributed by atoms with Crippen molar-refractivity contribution in [3.05, 3.63) is 94.1 Å². The standard InChI is InChI=1S/C43H45FN6O5/c1-24-4-9-29(39-25(2)48-55-26(39)3)18-37(24)49(31-12-10-30(11-13-31)43(23-45)16-17-43)22-28-7-5-27(6-8-28)21-46-35-20-33-32(19-34(35)44)41(53)50(42(33)54)36-14-15-38(51)47-40(36)52/h4,9-13,18-20,27-28,36,42,46,54H,5-8,14-17,21-22H2,1-3H3,(H,47,51,52)/t27-,28-,36?,42?. The van der Waals surface area contributed by atoms with Crippen molar-refractivity contribution >= 4 is 34.8 Å². The van der Waals surface area contributed by atoms with Crippen LogP contribution in [0, 0.1) is 49.8 Å². The zero-order chi connectivity index (χ0) is 38.6. The second kappa shape index (κ2) is 14.3. The number of aromatic nitrogens is 1. The van der Waals surface area contributed by atoms with E-state index in [9.17, 15) is 24.8 Å². The van der Waals surface area contributed by atoms with Gasteiger partial charge in [0.05, 0.1) is 28.4 Å². The van der Waals surface area contributed by atoms with Crippen molar-refractivity contribution in [3.8, 4) is 17.2 Å². The van der Waals surface area contributed by atoms with E-state index < -0.39 is 35.8 Å². The van der Waals surface area contributed by atoms with Gasteiger partial charge in [0.25, 0.3) is 5.91 Å². The number of hydrogen-bond acceptors (Lipinski definition) is 9. The van der Waals surface area contributed by atoms with Crippen molar-refractivity contribution in [2.45, 2.75) is 89.8 Å². The number of nitrogens with zero attached hydrogens (tertiary/aromatic N) is 4. The molecule has 3 aromatic carbocycles. The van der Waals surface area contributed by atoms with E-state index in [1.807, 2.05) is 13.8 Å². The number of benzene rings is 3. The number of carbonyl (C=O) groups is 3. The minimum atomic E-state index is -1.42. The summed E-state index contributed by atoms with van der Waals surface area (Å²) in [6, 6.07) is 19.1. The first-order valence-corrected chi connectivity index (χ1v) is 19.2. The fraction of sp³-hybridized carbons (Fsp3) is 0.419. The monoisotopic (exact) mass is 744 g/mol. The third-order valence-electron chi connectivity index (χ3n) is 12.2. The highest BCUT2D eigenvalue weighted by Gasteiger charge is 2.46. The van der Waals surface area contributed by atoms with Gasteiger partial charge in [-0.25, -0.2) is 4.39 Å². The van der Waals surface area contributed by atoms with E-state index in [2.05, 4.69) is 76.1 Å². The lowest BCUT2D eigenvalue weighted by atomic mass is 9.81. The molecule has 3 N–H and O–H groups in total. The number of hydrogen-bond donors (Lipinski definition) is 3. The van der Waals surface area contributed by atoms with Crippen LogP contribution in [0.25, 0.3) is 11.1 Å². The molecular weight excluding hydrogens is 700 g/mol. The molecule has 3 fully saturated rings. The van der Waals surface area contributed by atoms with Gasteiger partial charge in [-0.3, -0.25) is 24.6 Å². The van der Waals surface area contributed by atoms with Gasteiger partial charge in [-0.2, -0.15) is 5.26 Å². The van der Waals surface area contributed by atoms with Gasteiger partial charge in [0.15, 0.2) is 6.23 Å². The number of fused-ring (bicyclic) bond motifs is 1. The van der Waals surface area contributed by atoms with Gasteiger partial charge >= 0.3 is 0 Å². The largest absolute Gasteiger partial charge is 0.382 e. The second-order valence-corrected chi connectivity index (χ2v) is 15.8. The van der Waals surface area contributed by atoms with Crippen LogP contribution in [0.15, 0.2) is 59.1 Å². The molecule has 0 bridgehead atoms. The first-order valence-electron chi connectivity index (χ1n) is 19.2. The summed E-state index contributed by atoms with van der Waals surface area (Å²) in [4.78, 5) is 40.7. The third-order valence-corrected chi connectivity index (χ3v) is 12.2. The Bertz CT molecular complexity index is 2200. The summed E-state index contributed by atoms with van der Waals surface area (Å²) in [7, 11) is 0. The van der Waals surface area contributed by atoms with E-state index in [0.29, 0.717) is 18.4 Å². The number of carbonyl (C=O) groups excluding carboxylic acids is 3. The highest BCUT2D eigenvalue weighted by Crippen LogP contribution is 2.48. The van der Waals surface area contributed by atoms with E-state index in [1.54, 1.807) is 0 Å². The maximum absolute atomic E-state index is 15.4. The number of aliphatic hydroxyl groups is 1. The van der Waals surface area contributed by atoms with E-state index in [-0.39, 0.29) is 35.1 Å². The van der Waals surface area contributed by atoms with Crippen LogP contribution in [0.4, 0.5) is 21.5 Å². The lowest BCUT2D eigenvalue weighted by Crippen LogP contribution is -2.53. The molecule has 2 atom stereocenters. The number of halogens is 1. The highest BCUT2D eigenvalue weighted by atomic mass is 19.1. The van der Waals surface area contributed by atoms with Gasteiger partial charge in [0.2, 0.25) is 11.8 Å². The lowest BCUT2D eigenvalue weighted by molar-refractivity contribution is -0.139. The molecule has 2 unspecified atom stereocenters. The maximum atomic E-state index is 15.4. The predicted octanol–water partition coefficient (Wildman–Crippen LogP) is 7.27. The highest BCUT2D eigenvalue weighted by molar-refractivity contribution is 6.06. The van der Waals surface area contributed by atoms with Crippen molar-refractivity contribution < 1.29 is 28.4 Å². The number of nitriles is 1. The molecule has 0 radical (unpaired) electrons. The summed E-state index contributed by atoms with van der Waals surface area (Å²) in [5.41, 5.74) is 7.40. The zero-order valence-electron chi connectivity index (χ0n) is 31.3. The van der Waals surface area contributed by atoms with Crippen LogP contribution in [-0.2, 0) is 15.0 Å². The van der Waals surface area contributed by atoms with Crippen molar-refractivity contribution in [3.63, 3.8) is 0 Å². The van der Waals surface area contributed by atoms with Crippen LogP contribution in [0.3, 0.4) is 0 Å². The summed E-state index contributed by atoms with van der Waals surface area (Å²) in [5, 5.41) is 30.5. The second-order valence-electron chi connectivity index (χ2n) is 15.8. The van der Waals surface area contributed by atoms with E-state index in [1.165, 1.54) is 6.07 Å². The minimum Gasteiger partial charge on any atom is -0.382 e. The lowest BCUT2D eigenvalue weighted by Gasteiger charge is -2.35. The molecule has 3 heterocycles. The molecule has 4 aromatic rings. The Kier molecular flexibility index (Phi) is 9.45. The van der Waals surface area contributed by atoms with Crippen molar-refractivity contribution in [2.75, 3.05) is 23.3 Å². The first-order chi connectivity index (χ1) is 26.5. The Morgan fingerprint density at radius 2 is 1.75 bits per heavy atom. The molecular formula is C43H45FN6O5. The Morgan fingerprint density at radius 3 is 2.40 bits per heavy atom. The van der Waals surface area contributed by atoms with Gasteiger partial charge in [-0.15, -0.1) is 0 Å². The Balaban J connectivity index is 0.957. The number of nitrogens with one attached hydrogen (secondary N) is 2. The topological polar surface area (TPSA) is 152 Å². The number of imide groups is 1. The fourth-order valence-electron chi connectivity index (χ4n) is 8.76. The summed E-state index contributed by atoms with van der Waals surface area (Å²) in [5.74, 6) is -0.820. The minimum absolute atomic E-state index is 0.0181. The van der Waals surface area contributed by atoms with Crippen molar-refractivity contribution in [1.82, 2.24) is 15.4 Å². The average Bonchev–Trinajstić information content (AvgIpc) is 3.86. The Labute approximate surface area is 319 Å². The van der Waals surface area contributed by atoms with Gasteiger partial charge in [0, 0.05) is 42.0 Å². The quantitative estimate of drug-likeness (QED) is 0.142. The smallest absolute Gasteiger partial charge is 0.257 e. The molecule has 55 heavy (non-hydrogen) atoms. The molecule has 2 aliphatic heterocycles. The van der Waals surface area contributed by atoms with E-state index in [0.717, 1.165) is 101 Å². The molecule has 0 spiro atoms. The number of amides is 3. The Morgan fingerprint density at radius 1 is 1.02 bits per heavy atom. The summed E-state index contributed by atoms with van der Waals surface area (Å²) in [6.07, 6.45) is 4.40. The van der Waals surface area contributed by atoms with Crippen LogP contribution in [-0.4, -0.2) is 52.0 Å². The molecule has 1 saturated heterocycles. The molecule has 11 nitrogen and oxygen atoms in total. The van der Waals surface area contributed by atoms with Crippen LogP contribution in [0.2, 0.25) is 0 Å². The van der Waals surface area contributed by atoms with Crippen molar-refractivity contribution in [1.29, 1.82) is 5.26 Å². The number of anilines is 3. The predicted molar refractivity (Wildman–Crippen MR) is 204 cm³/mol. The summed E-state index contributed by atoms with van der Waals surface area (Å²) >= 11 is 0. The number of piperidine rings is 1. The van der Waals surface area contributed by atoms with Crippen LogP contribution < -0.4 is 15.5 Å². The summed E-state index contributed by atoms with van der Waals surface area (Å²) < 4.78 is 20.9. The van der Waals surface area contributed by atoms with Crippen LogP contribution in [0.1, 0.15) is 96.1 Å². The molecule has 3 amide bonds. The average molecular weight is 745 g/mol. The number of aliphatic hydroxyl groups excluding tert-OH is 1. The molecule has 284 valence electrons. The number of rotatable bonds is 10. The third kappa shape index (κ3) is 6.75. The number of aryl methyl sites for hydroxylation is 3. The maximum Gasteiger partial charge on any atom is 0.257 e. The van der Waals surface area contributed by atoms with Gasteiger partial charge in [-0.05, 0) is 125 Å². The van der Waals surface area contributed by atoms with Gasteiger partial charge in [0.1, 0.15) is 17.6 Å². The fourth-order valence-corrected chi connectivity index (χ4v) is 8.76. The molecule has 12 heteroatoms. The first kappa shape index (κ1) is 36.4. The zero-order valence-corrected chi connectivity index (χ0v) is 31.3. The Hall–Kier alpha value is -5.54. The molecule has 8 rings (SSSR count). The van der Waals surface area contributed by atoms with E-state index >= 15 is 4.39 Å². The van der Waals surface area contributed by atoms with Crippen LogP contribution >= 0.6 is 0 Å². The van der Waals surface area contributed by atoms with Crippen molar-refractivity contribution in [2.24, 2.45) is 11.8 Å². The van der Waals surface area contributed by atoms with E-state index in [4.69, 9.17) is 4.52 Å².